The van der Waals surface area contributed by atoms with Crippen LogP contribution in [0.15, 0.2) is 42.6 Å². The van der Waals surface area contributed by atoms with Crippen LogP contribution in [0.5, 0.6) is 0 Å². The smallest absolute Gasteiger partial charge is 0.434 e. The Labute approximate surface area is 146 Å². The third-order valence-corrected chi connectivity index (χ3v) is 3.76. The van der Waals surface area contributed by atoms with Crippen LogP contribution in [0.4, 0.5) is 19.0 Å². The maximum atomic E-state index is 13.5. The van der Waals surface area contributed by atoms with Gasteiger partial charge in [-0.25, -0.2) is 9.78 Å². The number of nitrogen functional groups attached to an aromatic ring is 1. The van der Waals surface area contributed by atoms with E-state index in [0.29, 0.717) is 10.9 Å². The van der Waals surface area contributed by atoms with Gasteiger partial charge in [0.2, 0.25) is 0 Å². The quantitative estimate of drug-likeness (QED) is 0.712. The molecule has 2 heterocycles. The number of benzene rings is 1. The van der Waals surface area contributed by atoms with Gasteiger partial charge in [-0.2, -0.15) is 13.2 Å². The van der Waals surface area contributed by atoms with Crippen molar-refractivity contribution in [2.24, 2.45) is 0 Å². The van der Waals surface area contributed by atoms with Crippen LogP contribution in [0.1, 0.15) is 23.0 Å². The maximum absolute atomic E-state index is 13.5. The number of halogens is 3. The number of nitrogens with zero attached hydrogens (tertiary/aromatic N) is 2. The number of alkyl halides is 3. The summed E-state index contributed by atoms with van der Waals surface area (Å²) >= 11 is 0. The number of para-hydroxylation sites is 1. The van der Waals surface area contributed by atoms with E-state index in [1.165, 1.54) is 12.3 Å². The first-order chi connectivity index (χ1) is 12.3. The second-order valence-electron chi connectivity index (χ2n) is 5.41. The van der Waals surface area contributed by atoms with Crippen LogP contribution >= 0.6 is 0 Å². The first kappa shape index (κ1) is 17.7. The monoisotopic (exact) mass is 361 g/mol. The Balaban J connectivity index is 2.33. The van der Waals surface area contributed by atoms with E-state index in [1.54, 1.807) is 31.2 Å². The van der Waals surface area contributed by atoms with Crippen molar-refractivity contribution in [2.45, 2.75) is 13.1 Å². The average Bonchev–Trinajstić information content (AvgIpc) is 2.60. The Morgan fingerprint density at radius 2 is 1.92 bits per heavy atom. The Morgan fingerprint density at radius 3 is 2.62 bits per heavy atom. The molecule has 134 valence electrons. The molecular weight excluding hydrogens is 347 g/mol. The van der Waals surface area contributed by atoms with Gasteiger partial charge >= 0.3 is 12.1 Å². The zero-order valence-corrected chi connectivity index (χ0v) is 13.7. The van der Waals surface area contributed by atoms with Crippen molar-refractivity contribution in [1.82, 2.24) is 9.97 Å². The summed E-state index contributed by atoms with van der Waals surface area (Å²) in [7, 11) is 0. The minimum atomic E-state index is -4.75. The summed E-state index contributed by atoms with van der Waals surface area (Å²) in [5, 5.41) is 0.502. The number of carbonyl (C=O) groups is 1. The molecule has 2 aromatic heterocycles. The summed E-state index contributed by atoms with van der Waals surface area (Å²) in [5.41, 5.74) is 4.72. The lowest BCUT2D eigenvalue weighted by Gasteiger charge is -2.16. The second-order valence-corrected chi connectivity index (χ2v) is 5.41. The van der Waals surface area contributed by atoms with Crippen LogP contribution in [-0.2, 0) is 10.9 Å². The molecule has 0 saturated carbocycles. The van der Waals surface area contributed by atoms with Gasteiger partial charge in [0.25, 0.3) is 0 Å². The first-order valence-electron chi connectivity index (χ1n) is 7.72. The van der Waals surface area contributed by atoms with Crippen molar-refractivity contribution in [3.63, 3.8) is 0 Å². The van der Waals surface area contributed by atoms with E-state index >= 15 is 0 Å². The Kier molecular flexibility index (Phi) is 4.50. The molecule has 0 saturated heterocycles. The van der Waals surface area contributed by atoms with E-state index in [2.05, 4.69) is 9.97 Å². The highest BCUT2D eigenvalue weighted by Gasteiger charge is 2.37. The lowest BCUT2D eigenvalue weighted by molar-refractivity contribution is -0.140. The number of ether oxygens (including phenoxy) is 1. The van der Waals surface area contributed by atoms with Gasteiger partial charge in [0.05, 0.1) is 12.1 Å². The van der Waals surface area contributed by atoms with Gasteiger partial charge in [-0.05, 0) is 30.7 Å². The van der Waals surface area contributed by atoms with Gasteiger partial charge in [0.15, 0.2) is 5.69 Å². The number of carbonyl (C=O) groups excluding carboxylic acids is 1. The predicted molar refractivity (Wildman–Crippen MR) is 90.3 cm³/mol. The van der Waals surface area contributed by atoms with E-state index in [9.17, 15) is 18.0 Å². The normalized spacial score (nSPS) is 11.5. The zero-order chi connectivity index (χ0) is 18.9. The first-order valence-corrected chi connectivity index (χ1v) is 7.72. The van der Waals surface area contributed by atoms with Crippen molar-refractivity contribution in [1.29, 1.82) is 0 Å². The number of nitrogens with two attached hydrogens (primary N) is 1. The fraction of sp³-hybridized carbons (Fsp3) is 0.167. The van der Waals surface area contributed by atoms with E-state index < -0.39 is 23.7 Å². The number of anilines is 1. The van der Waals surface area contributed by atoms with Crippen LogP contribution < -0.4 is 5.73 Å². The van der Waals surface area contributed by atoms with Crippen molar-refractivity contribution in [3.05, 3.63) is 53.9 Å². The van der Waals surface area contributed by atoms with Crippen LogP contribution in [0.3, 0.4) is 0 Å². The van der Waals surface area contributed by atoms with Crippen molar-refractivity contribution < 1.29 is 22.7 Å². The standard InChI is InChI=1S/C18H14F3N3O2/c1-2-26-17(25)13-9-12(15(18(19,20)21)24-16(13)22)10-7-8-23-14-6-4-3-5-11(10)14/h3-9H,2H2,1H3,(H2,22,24). The van der Waals surface area contributed by atoms with Crippen LogP contribution in [0, 0.1) is 0 Å². The summed E-state index contributed by atoms with van der Waals surface area (Å²) in [5.74, 6) is -1.36. The van der Waals surface area contributed by atoms with Crippen LogP contribution in [0.25, 0.3) is 22.0 Å². The Bertz CT molecular complexity index is 982. The third kappa shape index (κ3) is 3.17. The highest BCUT2D eigenvalue weighted by atomic mass is 19.4. The molecule has 0 fully saturated rings. The van der Waals surface area contributed by atoms with E-state index in [-0.39, 0.29) is 23.3 Å². The topological polar surface area (TPSA) is 78.1 Å². The average molecular weight is 361 g/mol. The largest absolute Gasteiger partial charge is 0.462 e. The van der Waals surface area contributed by atoms with E-state index in [0.717, 1.165) is 6.07 Å². The molecule has 2 N–H and O–H groups in total. The molecule has 0 atom stereocenters. The molecule has 0 radical (unpaired) electrons. The van der Waals surface area contributed by atoms with E-state index in [1.807, 2.05) is 0 Å². The number of aromatic nitrogens is 2. The molecule has 3 aromatic rings. The summed E-state index contributed by atoms with van der Waals surface area (Å²) in [4.78, 5) is 19.6. The molecule has 3 rings (SSSR count). The number of hydrogen-bond acceptors (Lipinski definition) is 5. The van der Waals surface area contributed by atoms with Crippen LogP contribution in [0.2, 0.25) is 0 Å². The number of fused-ring (bicyclic) bond motifs is 1. The van der Waals surface area contributed by atoms with Gasteiger partial charge < -0.3 is 10.5 Å². The molecule has 0 unspecified atom stereocenters. The summed E-state index contributed by atoms with van der Waals surface area (Å²) in [6.07, 6.45) is -3.35. The molecule has 0 aliphatic carbocycles. The van der Waals surface area contributed by atoms with Crippen LogP contribution in [-0.4, -0.2) is 22.5 Å². The SMILES string of the molecule is CCOC(=O)c1cc(-c2ccnc3ccccc23)c(C(F)(F)F)nc1N. The fourth-order valence-corrected chi connectivity index (χ4v) is 2.65. The van der Waals surface area contributed by atoms with E-state index in [4.69, 9.17) is 10.5 Å². The molecule has 0 spiro atoms. The maximum Gasteiger partial charge on any atom is 0.434 e. The minimum absolute atomic E-state index is 0.0623. The number of hydrogen-bond donors (Lipinski definition) is 1. The summed E-state index contributed by atoms with van der Waals surface area (Å²) < 4.78 is 45.5. The van der Waals surface area contributed by atoms with Gasteiger partial charge in [-0.3, -0.25) is 4.98 Å². The van der Waals surface area contributed by atoms with Crippen molar-refractivity contribution in [2.75, 3.05) is 12.3 Å². The predicted octanol–water partition coefficient (Wildman–Crippen LogP) is 4.07. The Hall–Kier alpha value is -3.16. The molecule has 0 bridgehead atoms. The molecule has 0 aliphatic rings. The van der Waals surface area contributed by atoms with Gasteiger partial charge in [-0.15, -0.1) is 0 Å². The second kappa shape index (κ2) is 6.62. The lowest BCUT2D eigenvalue weighted by atomic mass is 9.98. The highest BCUT2D eigenvalue weighted by Crippen LogP contribution is 2.39. The fourth-order valence-electron chi connectivity index (χ4n) is 2.65. The van der Waals surface area contributed by atoms with Gasteiger partial charge in [0, 0.05) is 17.1 Å². The molecular formula is C18H14F3N3O2. The number of rotatable bonds is 3. The number of esters is 1. The Morgan fingerprint density at radius 1 is 1.19 bits per heavy atom. The lowest BCUT2D eigenvalue weighted by Crippen LogP contribution is -2.16. The summed E-state index contributed by atoms with van der Waals surface area (Å²) in [6.45, 7) is 1.65. The third-order valence-electron chi connectivity index (χ3n) is 3.76. The molecule has 0 amide bonds. The van der Waals surface area contributed by atoms with Crippen molar-refractivity contribution >= 4 is 22.7 Å². The molecule has 26 heavy (non-hydrogen) atoms. The highest BCUT2D eigenvalue weighted by molar-refractivity contribution is 5.99. The number of pyridine rings is 2. The zero-order valence-electron chi connectivity index (χ0n) is 13.7. The molecule has 0 aliphatic heterocycles. The minimum Gasteiger partial charge on any atom is -0.462 e. The molecule has 5 nitrogen and oxygen atoms in total. The van der Waals surface area contributed by atoms with Gasteiger partial charge in [-0.1, -0.05) is 18.2 Å². The van der Waals surface area contributed by atoms with Crippen molar-refractivity contribution in [3.8, 4) is 11.1 Å². The van der Waals surface area contributed by atoms with Gasteiger partial charge in [0.1, 0.15) is 11.4 Å². The molecule has 8 heteroatoms. The molecule has 1 aromatic carbocycles. The summed E-state index contributed by atoms with van der Waals surface area (Å²) in [6, 6.07) is 9.28.